The van der Waals surface area contributed by atoms with Gasteiger partial charge in [0.15, 0.2) is 11.6 Å². The molecule has 1 aromatic rings. The Labute approximate surface area is 179 Å². The molecule has 0 atom stereocenters. The minimum atomic E-state index is -4.78. The van der Waals surface area contributed by atoms with Crippen LogP contribution in [0.25, 0.3) is 0 Å². The van der Waals surface area contributed by atoms with Crippen molar-refractivity contribution < 1.29 is 27.5 Å². The van der Waals surface area contributed by atoms with Gasteiger partial charge in [-0.25, -0.2) is 0 Å². The summed E-state index contributed by atoms with van der Waals surface area (Å²) in [4.78, 5) is 26.4. The van der Waals surface area contributed by atoms with E-state index in [2.05, 4.69) is 10.1 Å². The standard InChI is InChI=1S/C24H26F3NO3/c1-22(2)9-15-20(17(29)11-22)19(13-5-7-14(8-6-13)31-24(25,26)27)21-16(28-15)10-23(3,4)12-18(21)30/h5-8,19,28H,9-12H2,1-4H3. The molecule has 7 heteroatoms. The summed E-state index contributed by atoms with van der Waals surface area (Å²) in [5.41, 5.74) is 2.99. The van der Waals surface area contributed by atoms with Crippen LogP contribution in [0.15, 0.2) is 46.8 Å². The first-order valence-corrected chi connectivity index (χ1v) is 10.4. The molecule has 2 aliphatic carbocycles. The molecule has 0 bridgehead atoms. The van der Waals surface area contributed by atoms with E-state index in [4.69, 9.17) is 0 Å². The third-order valence-corrected chi connectivity index (χ3v) is 6.17. The zero-order chi connectivity index (χ0) is 22.8. The summed E-state index contributed by atoms with van der Waals surface area (Å²) >= 11 is 0. The van der Waals surface area contributed by atoms with Crippen molar-refractivity contribution in [1.29, 1.82) is 0 Å². The van der Waals surface area contributed by atoms with E-state index in [0.717, 1.165) is 11.4 Å². The highest BCUT2D eigenvalue weighted by atomic mass is 19.4. The number of nitrogens with one attached hydrogen (secondary N) is 1. The minimum absolute atomic E-state index is 0.0245. The summed E-state index contributed by atoms with van der Waals surface area (Å²) in [7, 11) is 0. The van der Waals surface area contributed by atoms with Crippen molar-refractivity contribution in [3.05, 3.63) is 52.4 Å². The van der Waals surface area contributed by atoms with Gasteiger partial charge in [0.2, 0.25) is 0 Å². The first-order chi connectivity index (χ1) is 14.2. The number of carbonyl (C=O) groups is 2. The lowest BCUT2D eigenvalue weighted by atomic mass is 9.64. The third-order valence-electron chi connectivity index (χ3n) is 6.17. The molecule has 1 aliphatic heterocycles. The Balaban J connectivity index is 1.82. The van der Waals surface area contributed by atoms with Crippen LogP contribution in [0.5, 0.6) is 5.75 Å². The zero-order valence-electron chi connectivity index (χ0n) is 18.1. The van der Waals surface area contributed by atoms with Gasteiger partial charge in [0, 0.05) is 41.3 Å². The lowest BCUT2D eigenvalue weighted by molar-refractivity contribution is -0.274. The maximum absolute atomic E-state index is 13.2. The highest BCUT2D eigenvalue weighted by Crippen LogP contribution is 2.51. The summed E-state index contributed by atoms with van der Waals surface area (Å²) in [5, 5.41) is 3.42. The number of benzene rings is 1. The maximum atomic E-state index is 13.2. The molecule has 4 nitrogen and oxygen atoms in total. The van der Waals surface area contributed by atoms with E-state index >= 15 is 0 Å². The van der Waals surface area contributed by atoms with Crippen LogP contribution < -0.4 is 10.1 Å². The molecule has 0 aromatic heterocycles. The summed E-state index contributed by atoms with van der Waals surface area (Å²) in [6.07, 6.45) is -2.71. The molecule has 4 rings (SSSR count). The number of ether oxygens (including phenoxy) is 1. The second-order valence-electron chi connectivity index (χ2n) is 10.3. The Morgan fingerprint density at radius 3 is 1.71 bits per heavy atom. The highest BCUT2D eigenvalue weighted by Gasteiger charge is 2.46. The van der Waals surface area contributed by atoms with Crippen molar-refractivity contribution in [1.82, 2.24) is 5.32 Å². The van der Waals surface area contributed by atoms with Crippen molar-refractivity contribution in [2.45, 2.75) is 65.7 Å². The second kappa shape index (κ2) is 6.97. The van der Waals surface area contributed by atoms with E-state index in [1.807, 2.05) is 27.7 Å². The largest absolute Gasteiger partial charge is 0.573 e. The van der Waals surface area contributed by atoms with Gasteiger partial charge in [-0.1, -0.05) is 39.8 Å². The van der Waals surface area contributed by atoms with Gasteiger partial charge in [-0.3, -0.25) is 9.59 Å². The molecular formula is C24H26F3NO3. The van der Waals surface area contributed by atoms with E-state index < -0.39 is 12.3 Å². The number of hydrogen-bond donors (Lipinski definition) is 1. The second-order valence-corrected chi connectivity index (χ2v) is 10.3. The van der Waals surface area contributed by atoms with Crippen LogP contribution in [0, 0.1) is 10.8 Å². The predicted octanol–water partition coefficient (Wildman–Crippen LogP) is 5.56. The van der Waals surface area contributed by atoms with Gasteiger partial charge in [0.25, 0.3) is 0 Å². The molecule has 0 unspecified atom stereocenters. The first-order valence-electron chi connectivity index (χ1n) is 10.4. The Kier molecular flexibility index (Phi) is 4.87. The van der Waals surface area contributed by atoms with Gasteiger partial charge in [0.05, 0.1) is 0 Å². The van der Waals surface area contributed by atoms with Gasteiger partial charge < -0.3 is 10.1 Å². The summed E-state index contributed by atoms with van der Waals surface area (Å²) in [6, 6.07) is 5.51. The lowest BCUT2D eigenvalue weighted by Gasteiger charge is -2.44. The molecule has 0 spiro atoms. The topological polar surface area (TPSA) is 55.4 Å². The molecule has 166 valence electrons. The highest BCUT2D eigenvalue weighted by molar-refractivity contribution is 6.06. The van der Waals surface area contributed by atoms with Crippen molar-refractivity contribution in [2.24, 2.45) is 10.8 Å². The summed E-state index contributed by atoms with van der Waals surface area (Å²) in [6.45, 7) is 8.14. The Hall–Kier alpha value is -2.57. The number of Topliss-reactive ketones (excluding diaryl/α,β-unsaturated/α-hetero) is 2. The molecule has 0 fully saturated rings. The van der Waals surface area contributed by atoms with Gasteiger partial charge in [-0.2, -0.15) is 0 Å². The molecule has 1 heterocycles. The van der Waals surface area contributed by atoms with E-state index in [9.17, 15) is 22.8 Å². The van der Waals surface area contributed by atoms with Crippen LogP contribution in [-0.2, 0) is 9.59 Å². The van der Waals surface area contributed by atoms with Gasteiger partial charge in [-0.15, -0.1) is 13.2 Å². The Bertz CT molecular complexity index is 962. The number of ketones is 2. The molecule has 0 saturated carbocycles. The smallest absolute Gasteiger partial charge is 0.406 e. The molecule has 3 aliphatic rings. The number of rotatable bonds is 2. The van der Waals surface area contributed by atoms with Crippen molar-refractivity contribution in [3.63, 3.8) is 0 Å². The normalized spacial score (nSPS) is 23.3. The monoisotopic (exact) mass is 433 g/mol. The molecule has 0 radical (unpaired) electrons. The van der Waals surface area contributed by atoms with Crippen molar-refractivity contribution in [2.75, 3.05) is 0 Å². The summed E-state index contributed by atoms with van der Waals surface area (Å²) in [5.74, 6) is -0.953. The molecule has 0 amide bonds. The molecule has 1 N–H and O–H groups in total. The van der Waals surface area contributed by atoms with Gasteiger partial charge in [-0.05, 0) is 41.4 Å². The van der Waals surface area contributed by atoms with Crippen LogP contribution in [0.1, 0.15) is 64.9 Å². The average molecular weight is 433 g/mol. The Morgan fingerprint density at radius 1 is 0.839 bits per heavy atom. The Morgan fingerprint density at radius 2 is 1.29 bits per heavy atom. The van der Waals surface area contributed by atoms with Crippen molar-refractivity contribution in [3.8, 4) is 5.75 Å². The van der Waals surface area contributed by atoms with E-state index in [1.54, 1.807) is 0 Å². The number of hydrogen-bond acceptors (Lipinski definition) is 4. The average Bonchev–Trinajstić information content (AvgIpc) is 2.57. The van der Waals surface area contributed by atoms with E-state index in [-0.39, 0.29) is 28.1 Å². The lowest BCUT2D eigenvalue weighted by Crippen LogP contribution is -2.42. The van der Waals surface area contributed by atoms with E-state index in [1.165, 1.54) is 24.3 Å². The van der Waals surface area contributed by atoms with Crippen molar-refractivity contribution >= 4 is 11.6 Å². The fraction of sp³-hybridized carbons (Fsp3) is 0.500. The zero-order valence-corrected chi connectivity index (χ0v) is 18.1. The van der Waals surface area contributed by atoms with Crippen LogP contribution in [-0.4, -0.2) is 17.9 Å². The fourth-order valence-electron chi connectivity index (χ4n) is 5.08. The number of alkyl halides is 3. The quantitative estimate of drug-likeness (QED) is 0.664. The van der Waals surface area contributed by atoms with Crippen LogP contribution in [0.2, 0.25) is 0 Å². The number of carbonyl (C=O) groups excluding carboxylic acids is 2. The SMILES string of the molecule is CC1(C)CC(=O)C2=C(C1)NC1=C(C(=O)CC(C)(C)C1)C2c1ccc(OC(F)(F)F)cc1. The van der Waals surface area contributed by atoms with Crippen LogP contribution >= 0.6 is 0 Å². The van der Waals surface area contributed by atoms with Gasteiger partial charge in [0.1, 0.15) is 5.75 Å². The maximum Gasteiger partial charge on any atom is 0.573 e. The molecule has 31 heavy (non-hydrogen) atoms. The van der Waals surface area contributed by atoms with E-state index in [0.29, 0.717) is 42.4 Å². The number of dihydropyridines is 1. The molecule has 0 saturated heterocycles. The number of halogens is 3. The number of allylic oxidation sites excluding steroid dienone is 4. The predicted molar refractivity (Wildman–Crippen MR) is 109 cm³/mol. The first kappa shape index (κ1) is 21.7. The minimum Gasteiger partial charge on any atom is -0.406 e. The summed E-state index contributed by atoms with van der Waals surface area (Å²) < 4.78 is 41.6. The van der Waals surface area contributed by atoms with Crippen LogP contribution in [0.3, 0.4) is 0 Å². The molecular weight excluding hydrogens is 407 g/mol. The van der Waals surface area contributed by atoms with Crippen LogP contribution in [0.4, 0.5) is 13.2 Å². The molecule has 1 aromatic carbocycles. The third kappa shape index (κ3) is 4.27. The van der Waals surface area contributed by atoms with Gasteiger partial charge >= 0.3 is 6.36 Å². The fourth-order valence-corrected chi connectivity index (χ4v) is 5.08.